The molecule has 0 fully saturated rings. The minimum absolute atomic E-state index is 0.823. The molecule has 0 radical (unpaired) electrons. The molecule has 0 heterocycles. The first-order valence-electron chi connectivity index (χ1n) is 8.12. The van der Waals surface area contributed by atoms with Crippen molar-refractivity contribution in [3.8, 4) is 0 Å². The van der Waals surface area contributed by atoms with Crippen LogP contribution in [0.5, 0.6) is 0 Å². The summed E-state index contributed by atoms with van der Waals surface area (Å²) in [4.78, 5) is 0. The van der Waals surface area contributed by atoms with E-state index in [-0.39, 0.29) is 0 Å². The number of rotatable bonds is 11. The molecule has 0 amide bonds. The van der Waals surface area contributed by atoms with Gasteiger partial charge in [0.15, 0.2) is 0 Å². The Labute approximate surface area is 125 Å². The molecule has 1 aromatic rings. The highest BCUT2D eigenvalue weighted by Crippen LogP contribution is 2.18. The molecule has 0 spiro atoms. The summed E-state index contributed by atoms with van der Waals surface area (Å²) in [6, 6.07) is 11.7. The average molecular weight is 295 g/mol. The Bertz CT molecular complexity index is 330. The normalized spacial score (nSPS) is 11.8. The SMILES string of the molecule is CCCCO[Si](CCC)(OCCCC)c1ccccc1. The van der Waals surface area contributed by atoms with Crippen LogP contribution in [0.2, 0.25) is 6.04 Å². The number of hydrogen-bond acceptors (Lipinski definition) is 2. The van der Waals surface area contributed by atoms with Gasteiger partial charge in [0.2, 0.25) is 0 Å². The summed E-state index contributed by atoms with van der Waals surface area (Å²) in [6.07, 6.45) is 5.67. The fourth-order valence-corrected chi connectivity index (χ4v) is 5.58. The van der Waals surface area contributed by atoms with Crippen LogP contribution in [0.15, 0.2) is 30.3 Å². The second-order valence-corrected chi connectivity index (χ2v) is 8.43. The van der Waals surface area contributed by atoms with Crippen molar-refractivity contribution in [2.24, 2.45) is 0 Å². The zero-order chi connectivity index (χ0) is 14.7. The van der Waals surface area contributed by atoms with Crippen molar-refractivity contribution in [1.29, 1.82) is 0 Å². The average Bonchev–Trinajstić information content (AvgIpc) is 2.48. The second kappa shape index (κ2) is 10.1. The molecular weight excluding hydrogens is 264 g/mol. The molecule has 0 bridgehead atoms. The first-order chi connectivity index (χ1) is 9.79. The maximum Gasteiger partial charge on any atom is 0.372 e. The maximum absolute atomic E-state index is 6.36. The van der Waals surface area contributed by atoms with E-state index < -0.39 is 8.56 Å². The summed E-state index contributed by atoms with van der Waals surface area (Å²) in [5.74, 6) is 0. The van der Waals surface area contributed by atoms with Gasteiger partial charge in [0.25, 0.3) is 0 Å². The number of unbranched alkanes of at least 4 members (excludes halogenated alkanes) is 2. The van der Waals surface area contributed by atoms with Crippen molar-refractivity contribution in [2.75, 3.05) is 13.2 Å². The minimum Gasteiger partial charge on any atom is -0.391 e. The molecule has 20 heavy (non-hydrogen) atoms. The summed E-state index contributed by atoms with van der Waals surface area (Å²) in [7, 11) is -2.25. The highest BCUT2D eigenvalue weighted by molar-refractivity contribution is 6.81. The van der Waals surface area contributed by atoms with Gasteiger partial charge in [-0.1, -0.05) is 70.4 Å². The topological polar surface area (TPSA) is 18.5 Å². The van der Waals surface area contributed by atoms with E-state index in [0.29, 0.717) is 0 Å². The van der Waals surface area contributed by atoms with Crippen LogP contribution < -0.4 is 5.19 Å². The van der Waals surface area contributed by atoms with E-state index in [0.717, 1.165) is 38.5 Å². The zero-order valence-corrected chi connectivity index (χ0v) is 14.4. The molecule has 0 aliphatic rings. The molecule has 0 atom stereocenters. The van der Waals surface area contributed by atoms with E-state index >= 15 is 0 Å². The van der Waals surface area contributed by atoms with Gasteiger partial charge in [0, 0.05) is 13.2 Å². The summed E-state index contributed by atoms with van der Waals surface area (Å²) in [5.41, 5.74) is 0. The lowest BCUT2D eigenvalue weighted by atomic mass is 10.4. The third-order valence-corrected chi connectivity index (χ3v) is 7.17. The van der Waals surface area contributed by atoms with Crippen molar-refractivity contribution in [2.45, 2.75) is 58.9 Å². The van der Waals surface area contributed by atoms with Gasteiger partial charge in [-0.15, -0.1) is 0 Å². The largest absolute Gasteiger partial charge is 0.391 e. The van der Waals surface area contributed by atoms with Gasteiger partial charge in [-0.3, -0.25) is 0 Å². The highest BCUT2D eigenvalue weighted by atomic mass is 28.4. The molecule has 0 aliphatic carbocycles. The molecular formula is C17H30O2Si. The molecule has 0 aromatic heterocycles. The van der Waals surface area contributed by atoms with E-state index in [4.69, 9.17) is 8.85 Å². The molecule has 0 unspecified atom stereocenters. The Hall–Kier alpha value is -0.643. The monoisotopic (exact) mass is 294 g/mol. The van der Waals surface area contributed by atoms with E-state index in [1.54, 1.807) is 0 Å². The van der Waals surface area contributed by atoms with Crippen molar-refractivity contribution < 1.29 is 8.85 Å². The second-order valence-electron chi connectivity index (χ2n) is 5.27. The Kier molecular flexibility index (Phi) is 8.82. The third kappa shape index (κ3) is 5.39. The minimum atomic E-state index is -2.25. The molecule has 0 saturated carbocycles. The van der Waals surface area contributed by atoms with Crippen LogP contribution in [0.1, 0.15) is 52.9 Å². The fourth-order valence-electron chi connectivity index (χ4n) is 2.28. The highest BCUT2D eigenvalue weighted by Gasteiger charge is 2.38. The predicted molar refractivity (Wildman–Crippen MR) is 88.6 cm³/mol. The van der Waals surface area contributed by atoms with Crippen LogP contribution >= 0.6 is 0 Å². The van der Waals surface area contributed by atoms with Gasteiger partial charge in [0.05, 0.1) is 0 Å². The van der Waals surface area contributed by atoms with Crippen LogP contribution in [-0.4, -0.2) is 21.8 Å². The van der Waals surface area contributed by atoms with Crippen molar-refractivity contribution in [1.82, 2.24) is 0 Å². The van der Waals surface area contributed by atoms with E-state index in [1.165, 1.54) is 18.0 Å². The van der Waals surface area contributed by atoms with Crippen molar-refractivity contribution in [3.05, 3.63) is 30.3 Å². The fraction of sp³-hybridized carbons (Fsp3) is 0.647. The van der Waals surface area contributed by atoms with Crippen LogP contribution in [0.4, 0.5) is 0 Å². The lowest BCUT2D eigenvalue weighted by molar-refractivity contribution is 0.174. The molecule has 0 N–H and O–H groups in total. The predicted octanol–water partition coefficient (Wildman–Crippen LogP) is 4.38. The Morgan fingerprint density at radius 1 is 0.800 bits per heavy atom. The smallest absolute Gasteiger partial charge is 0.372 e. The molecule has 114 valence electrons. The third-order valence-electron chi connectivity index (χ3n) is 3.46. The quantitative estimate of drug-likeness (QED) is 0.445. The molecule has 0 aliphatic heterocycles. The lowest BCUT2D eigenvalue weighted by Gasteiger charge is -2.31. The number of hydrogen-bond donors (Lipinski definition) is 0. The first kappa shape index (κ1) is 17.4. The number of benzene rings is 1. The summed E-state index contributed by atoms with van der Waals surface area (Å²) < 4.78 is 12.7. The van der Waals surface area contributed by atoms with Gasteiger partial charge in [0.1, 0.15) is 0 Å². The first-order valence-corrected chi connectivity index (χ1v) is 10.1. The lowest BCUT2D eigenvalue weighted by Crippen LogP contribution is -2.54. The molecule has 1 aromatic carbocycles. The van der Waals surface area contributed by atoms with Crippen molar-refractivity contribution in [3.63, 3.8) is 0 Å². The van der Waals surface area contributed by atoms with E-state index in [9.17, 15) is 0 Å². The Morgan fingerprint density at radius 3 is 1.80 bits per heavy atom. The summed E-state index contributed by atoms with van der Waals surface area (Å²) in [6.45, 7) is 8.27. The van der Waals surface area contributed by atoms with E-state index in [2.05, 4.69) is 51.1 Å². The van der Waals surface area contributed by atoms with Crippen molar-refractivity contribution >= 4 is 13.7 Å². The maximum atomic E-state index is 6.36. The van der Waals surface area contributed by atoms with Crippen LogP contribution in [-0.2, 0) is 8.85 Å². The zero-order valence-electron chi connectivity index (χ0n) is 13.4. The molecule has 2 nitrogen and oxygen atoms in total. The van der Waals surface area contributed by atoms with Crippen LogP contribution in [0.25, 0.3) is 0 Å². The molecule has 1 rings (SSSR count). The Balaban J connectivity index is 2.86. The van der Waals surface area contributed by atoms with Crippen LogP contribution in [0, 0.1) is 0 Å². The molecule has 3 heteroatoms. The Morgan fingerprint density at radius 2 is 1.35 bits per heavy atom. The van der Waals surface area contributed by atoms with Crippen LogP contribution in [0.3, 0.4) is 0 Å². The summed E-state index contributed by atoms with van der Waals surface area (Å²) in [5, 5.41) is 1.29. The van der Waals surface area contributed by atoms with E-state index in [1.807, 2.05) is 0 Å². The van der Waals surface area contributed by atoms with Gasteiger partial charge < -0.3 is 8.85 Å². The summed E-state index contributed by atoms with van der Waals surface area (Å²) >= 11 is 0. The van der Waals surface area contributed by atoms with Gasteiger partial charge >= 0.3 is 8.56 Å². The molecule has 0 saturated heterocycles. The van der Waals surface area contributed by atoms with Gasteiger partial charge in [-0.25, -0.2) is 0 Å². The standard InChI is InChI=1S/C17H30O2Si/c1-4-7-14-18-20(16-6-3,19-15-8-5-2)17-12-10-9-11-13-17/h9-13H,4-8,14-16H2,1-3H3. The van der Waals surface area contributed by atoms with Gasteiger partial charge in [-0.05, 0) is 24.1 Å². The van der Waals surface area contributed by atoms with Gasteiger partial charge in [-0.2, -0.15) is 0 Å².